The molecule has 0 bridgehead atoms. The van der Waals surface area contributed by atoms with Crippen LogP contribution in [0.4, 0.5) is 0 Å². The predicted octanol–water partition coefficient (Wildman–Crippen LogP) is 13.0. The van der Waals surface area contributed by atoms with Gasteiger partial charge < -0.3 is 4.40 Å². The van der Waals surface area contributed by atoms with Crippen LogP contribution in [0.15, 0.2) is 140 Å². The van der Waals surface area contributed by atoms with Gasteiger partial charge in [-0.05, 0) is 69.8 Å². The normalized spacial score (nSPS) is 12.4. The zero-order valence-electron chi connectivity index (χ0n) is 24.0. The van der Waals surface area contributed by atoms with E-state index < -0.39 is 0 Å². The fourth-order valence-corrected chi connectivity index (χ4v) is 10.1. The maximum absolute atomic E-state index is 2.55. The number of aromatic nitrogens is 1. The Labute approximate surface area is 265 Å². The number of hydrogen-bond donors (Lipinski definition) is 0. The number of para-hydroxylation sites is 1. The van der Waals surface area contributed by atoms with E-state index in [-0.39, 0.29) is 0 Å². The van der Waals surface area contributed by atoms with Crippen LogP contribution in [-0.4, -0.2) is 4.40 Å². The van der Waals surface area contributed by atoms with Gasteiger partial charge in [-0.1, -0.05) is 97.1 Å². The van der Waals surface area contributed by atoms with E-state index in [0.29, 0.717) is 0 Å². The van der Waals surface area contributed by atoms with E-state index in [4.69, 9.17) is 0 Å². The molecule has 11 rings (SSSR count). The summed E-state index contributed by atoms with van der Waals surface area (Å²) in [7, 11) is 0. The van der Waals surface area contributed by atoms with Gasteiger partial charge in [0.2, 0.25) is 0 Å². The average Bonchev–Trinajstić information content (AvgIpc) is 3.77. The first-order valence-electron chi connectivity index (χ1n) is 15.4. The minimum atomic E-state index is 1.24. The Bertz CT molecular complexity index is 3040. The second-order valence-electron chi connectivity index (χ2n) is 12.1. The highest BCUT2D eigenvalue weighted by molar-refractivity contribution is 7.26. The molecule has 0 N–H and O–H groups in total. The summed E-state index contributed by atoms with van der Waals surface area (Å²) in [6, 6.07) is 52.3. The van der Waals surface area contributed by atoms with E-state index in [2.05, 4.69) is 144 Å². The van der Waals surface area contributed by atoms with Crippen molar-refractivity contribution in [1.82, 2.24) is 4.40 Å². The van der Waals surface area contributed by atoms with Crippen LogP contribution in [0.1, 0.15) is 0 Å². The van der Waals surface area contributed by atoms with Crippen molar-refractivity contribution in [3.63, 3.8) is 0 Å². The molecule has 0 spiro atoms. The number of nitrogens with zero attached hydrogens (tertiary/aromatic N) is 1. The van der Waals surface area contributed by atoms with Gasteiger partial charge in [-0.2, -0.15) is 0 Å². The van der Waals surface area contributed by atoms with Gasteiger partial charge in [0.1, 0.15) is 0 Å². The predicted molar refractivity (Wildman–Crippen MR) is 199 cm³/mol. The van der Waals surface area contributed by atoms with E-state index in [9.17, 15) is 0 Å². The van der Waals surface area contributed by atoms with Gasteiger partial charge in [0, 0.05) is 56.5 Å². The molecule has 45 heavy (non-hydrogen) atoms. The molecule has 1 nitrogen and oxygen atoms in total. The number of benzene rings is 7. The van der Waals surface area contributed by atoms with Crippen LogP contribution in [0.3, 0.4) is 0 Å². The van der Waals surface area contributed by atoms with Crippen molar-refractivity contribution >= 4 is 112 Å². The third-order valence-corrected chi connectivity index (χ3v) is 12.0. The lowest BCUT2D eigenvalue weighted by Crippen LogP contribution is -1.86. The number of rotatable bonds is 1. The Morgan fingerprint density at radius 2 is 0.911 bits per heavy atom. The fourth-order valence-electron chi connectivity index (χ4n) is 7.83. The van der Waals surface area contributed by atoms with Crippen molar-refractivity contribution in [3.8, 4) is 11.1 Å². The van der Waals surface area contributed by atoms with Crippen molar-refractivity contribution in [3.05, 3.63) is 140 Å². The molecule has 0 aliphatic carbocycles. The van der Waals surface area contributed by atoms with E-state index >= 15 is 0 Å². The van der Waals surface area contributed by atoms with Gasteiger partial charge in [0.15, 0.2) is 0 Å². The first-order valence-corrected chi connectivity index (χ1v) is 17.0. The van der Waals surface area contributed by atoms with Crippen LogP contribution >= 0.6 is 22.7 Å². The summed E-state index contributed by atoms with van der Waals surface area (Å²) in [6.45, 7) is 0. The zero-order chi connectivity index (χ0) is 29.2. The van der Waals surface area contributed by atoms with E-state index in [1.54, 1.807) is 0 Å². The molecule has 0 saturated heterocycles. The molecule has 0 aliphatic rings. The molecule has 7 aromatic carbocycles. The Morgan fingerprint density at radius 1 is 0.333 bits per heavy atom. The second kappa shape index (κ2) is 8.70. The van der Waals surface area contributed by atoms with Crippen molar-refractivity contribution in [2.24, 2.45) is 0 Å². The molecular formula is C42H23NS2. The van der Waals surface area contributed by atoms with Crippen molar-refractivity contribution in [1.29, 1.82) is 0 Å². The van der Waals surface area contributed by atoms with Gasteiger partial charge in [-0.15, -0.1) is 22.7 Å². The lowest BCUT2D eigenvalue weighted by Gasteiger charge is -2.05. The number of hydrogen-bond acceptors (Lipinski definition) is 2. The summed E-state index contributed by atoms with van der Waals surface area (Å²) < 4.78 is 7.89. The second-order valence-corrected chi connectivity index (χ2v) is 14.2. The maximum atomic E-state index is 2.55. The molecule has 0 unspecified atom stereocenters. The Kier molecular flexibility index (Phi) is 4.67. The third kappa shape index (κ3) is 3.16. The zero-order valence-corrected chi connectivity index (χ0v) is 25.7. The number of fused-ring (bicyclic) bond motifs is 10. The highest BCUT2D eigenvalue weighted by atomic mass is 32.1. The van der Waals surface area contributed by atoms with Crippen molar-refractivity contribution in [2.45, 2.75) is 0 Å². The summed E-state index contributed by atoms with van der Waals surface area (Å²) in [6.07, 6.45) is 0. The molecule has 208 valence electrons. The van der Waals surface area contributed by atoms with Gasteiger partial charge in [0.25, 0.3) is 0 Å². The first kappa shape index (κ1) is 24.1. The van der Waals surface area contributed by atoms with E-state index in [1.807, 2.05) is 22.7 Å². The largest absolute Gasteiger partial charge is 0.308 e. The quantitative estimate of drug-likeness (QED) is 0.175. The van der Waals surface area contributed by atoms with Crippen LogP contribution in [0.5, 0.6) is 0 Å². The van der Waals surface area contributed by atoms with Crippen LogP contribution in [0.2, 0.25) is 0 Å². The Balaban J connectivity index is 1.33. The lowest BCUT2D eigenvalue weighted by atomic mass is 9.99. The summed E-state index contributed by atoms with van der Waals surface area (Å²) in [4.78, 5) is 0. The molecule has 4 heterocycles. The van der Waals surface area contributed by atoms with Crippen LogP contribution in [-0.2, 0) is 0 Å². The van der Waals surface area contributed by atoms with Crippen LogP contribution in [0, 0.1) is 0 Å². The molecule has 11 aromatic rings. The van der Waals surface area contributed by atoms with Gasteiger partial charge >= 0.3 is 0 Å². The highest BCUT2D eigenvalue weighted by Gasteiger charge is 2.18. The molecular weight excluding hydrogens is 583 g/mol. The SMILES string of the molecule is c1ccc2c(c1)sc1cc(-c3ccc4c(c3)c3cccc5c6ccccc6c6cccc7sc8cccc(c8c76)n4c53)ccc12. The average molecular weight is 606 g/mol. The Hall–Kier alpha value is -5.22. The lowest BCUT2D eigenvalue weighted by molar-refractivity contribution is 1.36. The van der Waals surface area contributed by atoms with Gasteiger partial charge in [-0.3, -0.25) is 0 Å². The van der Waals surface area contributed by atoms with Crippen LogP contribution in [0.25, 0.3) is 100 Å². The minimum Gasteiger partial charge on any atom is -0.308 e. The first-order chi connectivity index (χ1) is 22.3. The van der Waals surface area contributed by atoms with Crippen LogP contribution < -0.4 is 0 Å². The molecule has 0 fully saturated rings. The molecule has 0 aliphatic heterocycles. The Morgan fingerprint density at radius 3 is 1.80 bits per heavy atom. The monoisotopic (exact) mass is 605 g/mol. The third-order valence-electron chi connectivity index (χ3n) is 9.75. The summed E-state index contributed by atoms with van der Waals surface area (Å²) >= 11 is 3.78. The number of thiophene rings is 2. The molecule has 0 amide bonds. The summed E-state index contributed by atoms with van der Waals surface area (Å²) in [5, 5.41) is 13.1. The topological polar surface area (TPSA) is 4.41 Å². The smallest absolute Gasteiger partial charge is 0.0619 e. The van der Waals surface area contributed by atoms with E-state index in [1.165, 1.54) is 100 Å². The minimum absolute atomic E-state index is 1.24. The molecule has 4 aromatic heterocycles. The fraction of sp³-hybridized carbons (Fsp3) is 0. The van der Waals surface area contributed by atoms with Crippen molar-refractivity contribution in [2.75, 3.05) is 0 Å². The highest BCUT2D eigenvalue weighted by Crippen LogP contribution is 2.45. The molecule has 0 atom stereocenters. The van der Waals surface area contributed by atoms with Gasteiger partial charge in [0.05, 0.1) is 16.6 Å². The summed E-state index contributed by atoms with van der Waals surface area (Å²) in [5.74, 6) is 0. The molecule has 3 heteroatoms. The maximum Gasteiger partial charge on any atom is 0.0619 e. The van der Waals surface area contributed by atoms with E-state index in [0.717, 1.165) is 0 Å². The van der Waals surface area contributed by atoms with Crippen molar-refractivity contribution < 1.29 is 0 Å². The standard InChI is InChI=1S/C42H23NS2/c1-2-9-27-26(8-1)30-11-6-16-37-40(30)41-35(14-7-17-38(41)45-37)43-34-21-19-24(22-33(34)32-13-5-12-31(27)42(32)43)25-18-20-29-28-10-3-4-15-36(28)44-39(29)23-25/h1-23H. The molecule has 0 radical (unpaired) electrons. The van der Waals surface area contributed by atoms with Gasteiger partial charge in [-0.25, -0.2) is 0 Å². The molecule has 0 saturated carbocycles. The summed E-state index contributed by atoms with van der Waals surface area (Å²) in [5.41, 5.74) is 6.28.